The van der Waals surface area contributed by atoms with Gasteiger partial charge in [0.2, 0.25) is 0 Å². The first-order valence-corrected chi connectivity index (χ1v) is 3.27. The summed E-state index contributed by atoms with van der Waals surface area (Å²) in [5, 5.41) is 3.73. The highest BCUT2D eigenvalue weighted by atomic mass is 35.5. The Balaban J connectivity index is 3.04. The van der Waals surface area contributed by atoms with Crippen molar-refractivity contribution in [3.8, 4) is 0 Å². The molecular formula is C6H8ClNO. The van der Waals surface area contributed by atoms with Gasteiger partial charge in [-0.15, -0.1) is 11.6 Å². The maximum Gasteiger partial charge on any atom is 0.136 e. The van der Waals surface area contributed by atoms with Crippen molar-refractivity contribution in [2.45, 2.75) is 19.7 Å². The van der Waals surface area contributed by atoms with E-state index in [0.717, 1.165) is 17.0 Å². The van der Waals surface area contributed by atoms with Crippen LogP contribution in [0.5, 0.6) is 0 Å². The normalized spacial score (nSPS) is 10.1. The van der Waals surface area contributed by atoms with Gasteiger partial charge in [0.15, 0.2) is 0 Å². The molecule has 50 valence electrons. The number of hydrogen-bond donors (Lipinski definition) is 0. The molecule has 0 aliphatic carbocycles. The second kappa shape index (κ2) is 2.40. The Morgan fingerprint density at radius 2 is 2.22 bits per heavy atom. The minimum atomic E-state index is 0.434. The molecule has 0 saturated heterocycles. The van der Waals surface area contributed by atoms with Gasteiger partial charge in [-0.3, -0.25) is 0 Å². The SMILES string of the molecule is Cc1onc(CCl)c1C. The Bertz CT molecular complexity index is 207. The van der Waals surface area contributed by atoms with E-state index in [0.29, 0.717) is 5.88 Å². The van der Waals surface area contributed by atoms with Gasteiger partial charge in [0.1, 0.15) is 11.5 Å². The molecule has 9 heavy (non-hydrogen) atoms. The topological polar surface area (TPSA) is 26.0 Å². The van der Waals surface area contributed by atoms with Crippen LogP contribution in [0.2, 0.25) is 0 Å². The number of aromatic nitrogens is 1. The first-order valence-electron chi connectivity index (χ1n) is 2.73. The lowest BCUT2D eigenvalue weighted by Gasteiger charge is -1.84. The molecule has 3 heteroatoms. The number of hydrogen-bond acceptors (Lipinski definition) is 2. The molecule has 1 aromatic rings. The minimum Gasteiger partial charge on any atom is -0.361 e. The average molecular weight is 146 g/mol. The van der Waals surface area contributed by atoms with Gasteiger partial charge in [-0.25, -0.2) is 0 Å². The quantitative estimate of drug-likeness (QED) is 0.566. The van der Waals surface area contributed by atoms with Crippen molar-refractivity contribution in [1.29, 1.82) is 0 Å². The van der Waals surface area contributed by atoms with Gasteiger partial charge in [0, 0.05) is 5.56 Å². The van der Waals surface area contributed by atoms with Gasteiger partial charge in [-0.1, -0.05) is 5.16 Å². The third kappa shape index (κ3) is 1.08. The van der Waals surface area contributed by atoms with Gasteiger partial charge in [0.25, 0.3) is 0 Å². The number of rotatable bonds is 1. The first kappa shape index (κ1) is 6.62. The van der Waals surface area contributed by atoms with Gasteiger partial charge in [0.05, 0.1) is 5.88 Å². The fourth-order valence-electron chi connectivity index (χ4n) is 0.588. The smallest absolute Gasteiger partial charge is 0.136 e. The van der Waals surface area contributed by atoms with Crippen LogP contribution in [0.25, 0.3) is 0 Å². The van der Waals surface area contributed by atoms with Crippen molar-refractivity contribution in [3.05, 3.63) is 17.0 Å². The van der Waals surface area contributed by atoms with E-state index >= 15 is 0 Å². The zero-order valence-corrected chi connectivity index (χ0v) is 6.20. The molecule has 0 aromatic carbocycles. The molecule has 0 atom stereocenters. The van der Waals surface area contributed by atoms with Crippen LogP contribution in [-0.2, 0) is 5.88 Å². The predicted molar refractivity (Wildman–Crippen MR) is 35.5 cm³/mol. The van der Waals surface area contributed by atoms with Gasteiger partial charge in [-0.05, 0) is 13.8 Å². The molecule has 0 bridgehead atoms. The van der Waals surface area contributed by atoms with Crippen molar-refractivity contribution in [2.24, 2.45) is 0 Å². The lowest BCUT2D eigenvalue weighted by Crippen LogP contribution is -1.79. The van der Waals surface area contributed by atoms with Crippen molar-refractivity contribution >= 4 is 11.6 Å². The highest BCUT2D eigenvalue weighted by molar-refractivity contribution is 6.16. The molecule has 1 aromatic heterocycles. The van der Waals surface area contributed by atoms with E-state index in [9.17, 15) is 0 Å². The highest BCUT2D eigenvalue weighted by Gasteiger charge is 2.04. The molecule has 0 unspecified atom stereocenters. The monoisotopic (exact) mass is 145 g/mol. The van der Waals surface area contributed by atoms with Crippen LogP contribution in [0.1, 0.15) is 17.0 Å². The molecule has 0 spiro atoms. The lowest BCUT2D eigenvalue weighted by atomic mass is 10.2. The molecule has 0 amide bonds. The van der Waals surface area contributed by atoms with E-state index < -0.39 is 0 Å². The van der Waals surface area contributed by atoms with Crippen LogP contribution >= 0.6 is 11.6 Å². The van der Waals surface area contributed by atoms with Gasteiger partial charge < -0.3 is 4.52 Å². The number of alkyl halides is 1. The van der Waals surface area contributed by atoms with Crippen LogP contribution in [0.3, 0.4) is 0 Å². The fourth-order valence-corrected chi connectivity index (χ4v) is 0.838. The van der Waals surface area contributed by atoms with Crippen molar-refractivity contribution < 1.29 is 4.52 Å². The third-order valence-electron chi connectivity index (χ3n) is 1.38. The van der Waals surface area contributed by atoms with Crippen LogP contribution in [0.4, 0.5) is 0 Å². The predicted octanol–water partition coefficient (Wildman–Crippen LogP) is 2.03. The number of halogens is 1. The summed E-state index contributed by atoms with van der Waals surface area (Å²) in [6.45, 7) is 3.82. The second-order valence-electron chi connectivity index (χ2n) is 1.94. The van der Waals surface area contributed by atoms with E-state index in [1.165, 1.54) is 0 Å². The molecule has 0 fully saturated rings. The number of nitrogens with zero attached hydrogens (tertiary/aromatic N) is 1. The Hall–Kier alpha value is -0.500. The summed E-state index contributed by atoms with van der Waals surface area (Å²) in [5.41, 5.74) is 1.90. The summed E-state index contributed by atoms with van der Waals surface area (Å²) < 4.78 is 4.85. The molecule has 1 heterocycles. The van der Waals surface area contributed by atoms with E-state index in [4.69, 9.17) is 16.1 Å². The summed E-state index contributed by atoms with van der Waals surface area (Å²) in [6.07, 6.45) is 0. The Morgan fingerprint density at radius 3 is 2.44 bits per heavy atom. The standard InChI is InChI=1S/C6H8ClNO/c1-4-5(2)9-8-6(4)3-7/h3H2,1-2H3. The van der Waals surface area contributed by atoms with Crippen LogP contribution < -0.4 is 0 Å². The van der Waals surface area contributed by atoms with Gasteiger partial charge in [-0.2, -0.15) is 0 Å². The zero-order valence-electron chi connectivity index (χ0n) is 5.44. The molecule has 0 aliphatic heterocycles. The average Bonchev–Trinajstić information content (AvgIpc) is 2.15. The number of aryl methyl sites for hydroxylation is 1. The molecular weight excluding hydrogens is 138 g/mol. The molecule has 2 nitrogen and oxygen atoms in total. The van der Waals surface area contributed by atoms with Crippen molar-refractivity contribution in [3.63, 3.8) is 0 Å². The molecule has 0 N–H and O–H groups in total. The van der Waals surface area contributed by atoms with E-state index in [-0.39, 0.29) is 0 Å². The highest BCUT2D eigenvalue weighted by Crippen LogP contribution is 2.12. The molecule has 0 saturated carbocycles. The minimum absolute atomic E-state index is 0.434. The maximum absolute atomic E-state index is 5.52. The van der Waals surface area contributed by atoms with Crippen LogP contribution in [0.15, 0.2) is 4.52 Å². The van der Waals surface area contributed by atoms with E-state index in [2.05, 4.69) is 5.16 Å². The fraction of sp³-hybridized carbons (Fsp3) is 0.500. The molecule has 0 aliphatic rings. The summed E-state index contributed by atoms with van der Waals surface area (Å²) in [4.78, 5) is 0. The van der Waals surface area contributed by atoms with Crippen molar-refractivity contribution in [2.75, 3.05) is 0 Å². The largest absolute Gasteiger partial charge is 0.361 e. The molecule has 1 rings (SSSR count). The Kier molecular flexibility index (Phi) is 1.76. The van der Waals surface area contributed by atoms with Crippen LogP contribution in [0, 0.1) is 13.8 Å². The second-order valence-corrected chi connectivity index (χ2v) is 2.21. The van der Waals surface area contributed by atoms with Gasteiger partial charge >= 0.3 is 0 Å². The lowest BCUT2D eigenvalue weighted by molar-refractivity contribution is 0.392. The summed E-state index contributed by atoms with van der Waals surface area (Å²) in [6, 6.07) is 0. The Labute approximate surface area is 58.8 Å². The maximum atomic E-state index is 5.52. The van der Waals surface area contributed by atoms with E-state index in [1.54, 1.807) is 0 Å². The molecule has 0 radical (unpaired) electrons. The van der Waals surface area contributed by atoms with Crippen LogP contribution in [-0.4, -0.2) is 5.16 Å². The first-order chi connectivity index (χ1) is 4.25. The van der Waals surface area contributed by atoms with E-state index in [1.807, 2.05) is 13.8 Å². The summed E-state index contributed by atoms with van der Waals surface area (Å²) in [7, 11) is 0. The summed E-state index contributed by atoms with van der Waals surface area (Å²) >= 11 is 5.52. The zero-order chi connectivity index (χ0) is 6.85. The Morgan fingerprint density at radius 1 is 1.56 bits per heavy atom. The summed E-state index contributed by atoms with van der Waals surface area (Å²) in [5.74, 6) is 1.29. The van der Waals surface area contributed by atoms with Crippen molar-refractivity contribution in [1.82, 2.24) is 5.16 Å². The third-order valence-corrected chi connectivity index (χ3v) is 1.63.